The lowest BCUT2D eigenvalue weighted by molar-refractivity contribution is 0.214. The number of rotatable bonds is 3. The van der Waals surface area contributed by atoms with Crippen LogP contribution < -0.4 is 4.74 Å². The van der Waals surface area contributed by atoms with Gasteiger partial charge in [0, 0.05) is 5.56 Å². The fourth-order valence-corrected chi connectivity index (χ4v) is 1.93. The van der Waals surface area contributed by atoms with E-state index in [9.17, 15) is 5.26 Å². The summed E-state index contributed by atoms with van der Waals surface area (Å²) in [7, 11) is 3.09. The fourth-order valence-electron chi connectivity index (χ4n) is 1.93. The Morgan fingerprint density at radius 1 is 1.10 bits per heavy atom. The van der Waals surface area contributed by atoms with Gasteiger partial charge in [-0.05, 0) is 29.9 Å². The van der Waals surface area contributed by atoms with Gasteiger partial charge >= 0.3 is 0 Å². The van der Waals surface area contributed by atoms with E-state index in [1.165, 1.54) is 7.11 Å². The summed E-state index contributed by atoms with van der Waals surface area (Å²) in [5.41, 5.74) is 2.85. The van der Waals surface area contributed by atoms with Crippen molar-refractivity contribution in [3.63, 3.8) is 0 Å². The second kappa shape index (κ2) is 6.39. The van der Waals surface area contributed by atoms with Crippen molar-refractivity contribution >= 4 is 11.3 Å². The molecule has 20 heavy (non-hydrogen) atoms. The molecule has 0 spiro atoms. The molecule has 0 bridgehead atoms. The molecule has 0 radical (unpaired) electrons. The second-order valence-electron chi connectivity index (χ2n) is 4.01. The van der Waals surface area contributed by atoms with E-state index in [4.69, 9.17) is 9.57 Å². The molecular formula is C16H14N2O2. The number of hydrogen-bond acceptors (Lipinski definition) is 4. The van der Waals surface area contributed by atoms with Gasteiger partial charge in [0.1, 0.15) is 24.6 Å². The Hall–Kier alpha value is -2.80. The maximum Gasteiger partial charge on any atom is 0.127 e. The molecule has 0 atom stereocenters. The first-order valence-corrected chi connectivity index (χ1v) is 6.05. The molecule has 100 valence electrons. The number of nitriles is 1. The summed E-state index contributed by atoms with van der Waals surface area (Å²) in [5, 5.41) is 13.3. The monoisotopic (exact) mass is 266 g/mol. The van der Waals surface area contributed by atoms with Crippen molar-refractivity contribution in [3.05, 3.63) is 59.7 Å². The Morgan fingerprint density at radius 3 is 2.40 bits per heavy atom. The lowest BCUT2D eigenvalue weighted by Gasteiger charge is -2.10. The average molecular weight is 266 g/mol. The molecule has 0 heterocycles. The minimum absolute atomic E-state index is 0.561. The third kappa shape index (κ3) is 2.78. The highest BCUT2D eigenvalue weighted by molar-refractivity contribution is 6.06. The number of benzene rings is 1. The molecule has 0 unspecified atom stereocenters. The SMILES string of the molecule is CON=C1C=CC(=C(C#N)c2ccccc2OC)C=C1. The van der Waals surface area contributed by atoms with E-state index in [0.717, 1.165) is 11.1 Å². The van der Waals surface area contributed by atoms with Gasteiger partial charge in [-0.3, -0.25) is 0 Å². The summed E-state index contributed by atoms with van der Waals surface area (Å²) >= 11 is 0. The maximum absolute atomic E-state index is 9.43. The first-order chi connectivity index (χ1) is 9.80. The minimum atomic E-state index is 0.561. The van der Waals surface area contributed by atoms with Crippen LogP contribution in [0.2, 0.25) is 0 Å². The zero-order valence-corrected chi connectivity index (χ0v) is 11.3. The zero-order chi connectivity index (χ0) is 14.4. The van der Waals surface area contributed by atoms with E-state index in [0.29, 0.717) is 17.0 Å². The quantitative estimate of drug-likeness (QED) is 0.624. The predicted molar refractivity (Wildman–Crippen MR) is 78.3 cm³/mol. The molecule has 0 N–H and O–H groups in total. The average Bonchev–Trinajstić information content (AvgIpc) is 2.50. The van der Waals surface area contributed by atoms with Gasteiger partial charge in [0.2, 0.25) is 0 Å². The molecule has 4 heteroatoms. The Labute approximate surface area is 117 Å². The van der Waals surface area contributed by atoms with E-state index in [1.807, 2.05) is 36.4 Å². The molecule has 1 aliphatic carbocycles. The first-order valence-electron chi connectivity index (χ1n) is 6.05. The first kappa shape index (κ1) is 13.6. The molecule has 0 amide bonds. The standard InChI is InChI=1S/C16H14N2O2/c1-19-16-6-4-3-5-14(16)15(11-17)12-7-9-13(10-8-12)18-20-2/h3-10H,1-2H3. The van der Waals surface area contributed by atoms with Crippen molar-refractivity contribution in [2.45, 2.75) is 0 Å². The van der Waals surface area contributed by atoms with Crippen LogP contribution in [0.1, 0.15) is 5.56 Å². The number of methoxy groups -OCH3 is 1. The van der Waals surface area contributed by atoms with Crippen LogP contribution in [0, 0.1) is 11.3 Å². The molecule has 1 aromatic carbocycles. The molecule has 1 aromatic rings. The predicted octanol–water partition coefficient (Wildman–Crippen LogP) is 3.10. The van der Waals surface area contributed by atoms with Gasteiger partial charge in [-0.1, -0.05) is 29.4 Å². The highest BCUT2D eigenvalue weighted by atomic mass is 16.6. The number of para-hydroxylation sites is 1. The third-order valence-corrected chi connectivity index (χ3v) is 2.84. The van der Waals surface area contributed by atoms with Crippen molar-refractivity contribution in [2.75, 3.05) is 14.2 Å². The molecule has 2 rings (SSSR count). The van der Waals surface area contributed by atoms with Crippen LogP contribution in [-0.4, -0.2) is 19.9 Å². The molecule has 0 aromatic heterocycles. The molecule has 0 fully saturated rings. The largest absolute Gasteiger partial charge is 0.496 e. The van der Waals surface area contributed by atoms with Crippen LogP contribution >= 0.6 is 0 Å². The number of allylic oxidation sites excluding steroid dienone is 6. The van der Waals surface area contributed by atoms with E-state index in [-0.39, 0.29) is 0 Å². The van der Waals surface area contributed by atoms with Crippen molar-refractivity contribution in [1.29, 1.82) is 5.26 Å². The number of hydrogen-bond donors (Lipinski definition) is 0. The molecule has 0 saturated carbocycles. The van der Waals surface area contributed by atoms with Crippen molar-refractivity contribution in [2.24, 2.45) is 5.16 Å². The van der Waals surface area contributed by atoms with Crippen LogP contribution in [0.15, 0.2) is 59.3 Å². The van der Waals surface area contributed by atoms with Crippen LogP contribution in [0.4, 0.5) is 0 Å². The summed E-state index contributed by atoms with van der Waals surface area (Å²) in [5.74, 6) is 0.676. The van der Waals surface area contributed by atoms with Crippen LogP contribution in [0.3, 0.4) is 0 Å². The number of oxime groups is 1. The van der Waals surface area contributed by atoms with Crippen LogP contribution in [0.5, 0.6) is 5.75 Å². The van der Waals surface area contributed by atoms with Gasteiger partial charge in [-0.25, -0.2) is 0 Å². The minimum Gasteiger partial charge on any atom is -0.496 e. The Balaban J connectivity index is 2.47. The third-order valence-electron chi connectivity index (χ3n) is 2.84. The summed E-state index contributed by atoms with van der Waals surface area (Å²) in [6, 6.07) is 9.69. The van der Waals surface area contributed by atoms with Crippen molar-refractivity contribution < 1.29 is 9.57 Å². The number of ether oxygens (including phenoxy) is 1. The van der Waals surface area contributed by atoms with Crippen molar-refractivity contribution in [3.8, 4) is 11.8 Å². The molecule has 0 saturated heterocycles. The van der Waals surface area contributed by atoms with E-state index >= 15 is 0 Å². The molecule has 1 aliphatic rings. The Kier molecular flexibility index (Phi) is 4.35. The number of nitrogens with zero attached hydrogens (tertiary/aromatic N) is 2. The maximum atomic E-state index is 9.43. The highest BCUT2D eigenvalue weighted by Gasteiger charge is 2.12. The fraction of sp³-hybridized carbons (Fsp3) is 0.125. The summed E-state index contributed by atoms with van der Waals surface area (Å²) in [4.78, 5) is 4.71. The van der Waals surface area contributed by atoms with Gasteiger partial charge in [-0.2, -0.15) is 5.26 Å². The Bertz CT molecular complexity index is 643. The van der Waals surface area contributed by atoms with Gasteiger partial charge < -0.3 is 9.57 Å². The summed E-state index contributed by atoms with van der Waals surface area (Å²) in [6.45, 7) is 0. The summed E-state index contributed by atoms with van der Waals surface area (Å²) in [6.07, 6.45) is 7.27. The highest BCUT2D eigenvalue weighted by Crippen LogP contribution is 2.29. The lowest BCUT2D eigenvalue weighted by atomic mass is 9.97. The van der Waals surface area contributed by atoms with Crippen LogP contribution in [-0.2, 0) is 4.84 Å². The second-order valence-corrected chi connectivity index (χ2v) is 4.01. The Morgan fingerprint density at radius 2 is 1.80 bits per heavy atom. The lowest BCUT2D eigenvalue weighted by Crippen LogP contribution is -1.97. The molecule has 0 aliphatic heterocycles. The normalized spacial score (nSPS) is 12.8. The van der Waals surface area contributed by atoms with E-state index in [2.05, 4.69) is 11.2 Å². The molecule has 4 nitrogen and oxygen atoms in total. The van der Waals surface area contributed by atoms with Gasteiger partial charge in [0.25, 0.3) is 0 Å². The van der Waals surface area contributed by atoms with Gasteiger partial charge in [0.15, 0.2) is 0 Å². The smallest absolute Gasteiger partial charge is 0.127 e. The topological polar surface area (TPSA) is 54.6 Å². The van der Waals surface area contributed by atoms with Gasteiger partial charge in [-0.15, -0.1) is 0 Å². The van der Waals surface area contributed by atoms with E-state index in [1.54, 1.807) is 19.3 Å². The van der Waals surface area contributed by atoms with Gasteiger partial charge in [0.05, 0.1) is 12.7 Å². The van der Waals surface area contributed by atoms with E-state index < -0.39 is 0 Å². The summed E-state index contributed by atoms with van der Waals surface area (Å²) < 4.78 is 5.30. The van der Waals surface area contributed by atoms with Crippen molar-refractivity contribution in [1.82, 2.24) is 0 Å². The molecular weight excluding hydrogens is 252 g/mol. The zero-order valence-electron chi connectivity index (χ0n) is 11.3. The van der Waals surface area contributed by atoms with Crippen LogP contribution in [0.25, 0.3) is 5.57 Å².